The molecule has 4 heteroatoms. The summed E-state index contributed by atoms with van der Waals surface area (Å²) in [6.07, 6.45) is 0.908. The molecule has 0 aromatic heterocycles. The molecule has 0 spiro atoms. The zero-order valence-corrected chi connectivity index (χ0v) is 9.61. The smallest absolute Gasteiger partial charge is 0.165 e. The summed E-state index contributed by atoms with van der Waals surface area (Å²) in [7, 11) is 3.51. The minimum atomic E-state index is -0.323. The largest absolute Gasteiger partial charge is 0.494 e. The number of nitrogens with two attached hydrogens (primary N) is 1. The van der Waals surface area contributed by atoms with E-state index in [1.54, 1.807) is 12.1 Å². The van der Waals surface area contributed by atoms with E-state index in [0.717, 1.165) is 18.5 Å². The summed E-state index contributed by atoms with van der Waals surface area (Å²) in [5.41, 5.74) is 6.97. The van der Waals surface area contributed by atoms with Gasteiger partial charge in [-0.15, -0.1) is 0 Å². The number of methoxy groups -OCH3 is 1. The zero-order valence-electron chi connectivity index (χ0n) is 9.61. The fourth-order valence-corrected chi connectivity index (χ4v) is 2.31. The van der Waals surface area contributed by atoms with Crippen molar-refractivity contribution < 1.29 is 9.13 Å². The summed E-state index contributed by atoms with van der Waals surface area (Å²) in [5, 5.41) is 0. The van der Waals surface area contributed by atoms with Gasteiger partial charge in [0.2, 0.25) is 0 Å². The second kappa shape index (κ2) is 4.39. The predicted octanol–water partition coefficient (Wildman–Crippen LogP) is 1.54. The minimum Gasteiger partial charge on any atom is -0.494 e. The van der Waals surface area contributed by atoms with Crippen LogP contribution in [0.5, 0.6) is 5.75 Å². The van der Waals surface area contributed by atoms with Crippen molar-refractivity contribution in [3.05, 3.63) is 29.6 Å². The number of halogens is 1. The number of hydrogen-bond acceptors (Lipinski definition) is 3. The first-order valence-corrected chi connectivity index (χ1v) is 5.41. The standard InChI is InChI=1S/C12H17FN2O/c1-15-7-9(14)6-11(15)8-3-4-10(13)12(5-8)16-2/h3-5,9,11H,6-7,14H2,1-2H3. The highest BCUT2D eigenvalue weighted by atomic mass is 19.1. The van der Waals surface area contributed by atoms with Crippen molar-refractivity contribution in [2.45, 2.75) is 18.5 Å². The predicted molar refractivity (Wildman–Crippen MR) is 60.9 cm³/mol. The molecule has 1 aliphatic heterocycles. The van der Waals surface area contributed by atoms with Crippen LogP contribution in [0.3, 0.4) is 0 Å². The minimum absolute atomic E-state index is 0.200. The van der Waals surface area contributed by atoms with E-state index in [0.29, 0.717) is 5.75 Å². The van der Waals surface area contributed by atoms with Crippen LogP contribution in [0.1, 0.15) is 18.0 Å². The van der Waals surface area contributed by atoms with Crippen LogP contribution in [0.2, 0.25) is 0 Å². The molecule has 2 rings (SSSR count). The van der Waals surface area contributed by atoms with Crippen LogP contribution >= 0.6 is 0 Å². The summed E-state index contributed by atoms with van der Waals surface area (Å²) in [6, 6.07) is 5.48. The maximum atomic E-state index is 13.3. The van der Waals surface area contributed by atoms with Gasteiger partial charge in [0.15, 0.2) is 11.6 Å². The Hall–Kier alpha value is -1.13. The van der Waals surface area contributed by atoms with E-state index < -0.39 is 0 Å². The van der Waals surface area contributed by atoms with Crippen LogP contribution in [0, 0.1) is 5.82 Å². The Balaban J connectivity index is 2.27. The highest BCUT2D eigenvalue weighted by molar-refractivity contribution is 5.32. The van der Waals surface area contributed by atoms with Crippen LogP contribution in [-0.2, 0) is 0 Å². The van der Waals surface area contributed by atoms with E-state index >= 15 is 0 Å². The summed E-state index contributed by atoms with van der Waals surface area (Å²) in [6.45, 7) is 0.879. The summed E-state index contributed by atoms with van der Waals surface area (Å²) in [4.78, 5) is 2.19. The van der Waals surface area contributed by atoms with Crippen molar-refractivity contribution in [2.75, 3.05) is 20.7 Å². The topological polar surface area (TPSA) is 38.5 Å². The fraction of sp³-hybridized carbons (Fsp3) is 0.500. The molecule has 3 nitrogen and oxygen atoms in total. The van der Waals surface area contributed by atoms with E-state index in [9.17, 15) is 4.39 Å². The lowest BCUT2D eigenvalue weighted by Gasteiger charge is -2.20. The van der Waals surface area contributed by atoms with E-state index in [4.69, 9.17) is 10.5 Å². The third-order valence-electron chi connectivity index (χ3n) is 3.14. The Morgan fingerprint density at radius 1 is 1.50 bits per heavy atom. The lowest BCUT2D eigenvalue weighted by atomic mass is 10.0. The van der Waals surface area contributed by atoms with Crippen molar-refractivity contribution in [3.8, 4) is 5.75 Å². The molecule has 1 saturated heterocycles. The highest BCUT2D eigenvalue weighted by Crippen LogP contribution is 2.32. The second-order valence-corrected chi connectivity index (χ2v) is 4.35. The van der Waals surface area contributed by atoms with Gasteiger partial charge in [0, 0.05) is 18.6 Å². The highest BCUT2D eigenvalue weighted by Gasteiger charge is 2.28. The molecule has 1 aromatic carbocycles. The Kier molecular flexibility index (Phi) is 3.12. The van der Waals surface area contributed by atoms with Crippen molar-refractivity contribution in [1.82, 2.24) is 4.90 Å². The van der Waals surface area contributed by atoms with Gasteiger partial charge in [-0.3, -0.25) is 4.90 Å². The molecule has 2 unspecified atom stereocenters. The third-order valence-corrected chi connectivity index (χ3v) is 3.14. The van der Waals surface area contributed by atoms with Gasteiger partial charge >= 0.3 is 0 Å². The maximum absolute atomic E-state index is 13.3. The summed E-state index contributed by atoms with van der Waals surface area (Å²) >= 11 is 0. The van der Waals surface area contributed by atoms with Gasteiger partial charge in [0.1, 0.15) is 0 Å². The number of ether oxygens (including phenoxy) is 1. The van der Waals surface area contributed by atoms with E-state index in [1.807, 2.05) is 7.05 Å². The van der Waals surface area contributed by atoms with Gasteiger partial charge in [-0.25, -0.2) is 4.39 Å². The Labute approximate surface area is 95.0 Å². The van der Waals surface area contributed by atoms with Crippen LogP contribution < -0.4 is 10.5 Å². The molecule has 1 aromatic rings. The number of nitrogens with zero attached hydrogens (tertiary/aromatic N) is 1. The SMILES string of the molecule is COc1cc(C2CC(N)CN2C)ccc1F. The lowest BCUT2D eigenvalue weighted by molar-refractivity contribution is 0.314. The van der Waals surface area contributed by atoms with Gasteiger partial charge in [-0.2, -0.15) is 0 Å². The first-order chi connectivity index (χ1) is 7.61. The molecular formula is C12H17FN2O. The summed E-state index contributed by atoms with van der Waals surface area (Å²) < 4.78 is 18.2. The van der Waals surface area contributed by atoms with Gasteiger partial charge in [0.05, 0.1) is 7.11 Å². The quantitative estimate of drug-likeness (QED) is 0.828. The number of likely N-dealkylation sites (N-methyl/N-ethyl adjacent to an activating group) is 1. The summed E-state index contributed by atoms with van der Waals surface area (Å²) in [5.74, 6) is -0.0254. The molecule has 1 fully saturated rings. The van der Waals surface area contributed by atoms with E-state index in [-0.39, 0.29) is 17.9 Å². The molecule has 0 bridgehead atoms. The van der Waals surface area contributed by atoms with Gasteiger partial charge in [0.25, 0.3) is 0 Å². The average molecular weight is 224 g/mol. The molecule has 1 aliphatic rings. The maximum Gasteiger partial charge on any atom is 0.165 e. The molecule has 2 atom stereocenters. The van der Waals surface area contributed by atoms with Crippen LogP contribution in [-0.4, -0.2) is 31.6 Å². The van der Waals surface area contributed by atoms with Crippen molar-refractivity contribution in [3.63, 3.8) is 0 Å². The van der Waals surface area contributed by atoms with Gasteiger partial charge < -0.3 is 10.5 Å². The average Bonchev–Trinajstić information content (AvgIpc) is 2.59. The molecule has 88 valence electrons. The number of hydrogen-bond donors (Lipinski definition) is 1. The van der Waals surface area contributed by atoms with Crippen LogP contribution in [0.15, 0.2) is 18.2 Å². The molecule has 0 radical (unpaired) electrons. The van der Waals surface area contributed by atoms with Gasteiger partial charge in [-0.1, -0.05) is 6.07 Å². The zero-order chi connectivity index (χ0) is 11.7. The monoisotopic (exact) mass is 224 g/mol. The molecular weight excluding hydrogens is 207 g/mol. The Bertz CT molecular complexity index is 383. The first kappa shape index (κ1) is 11.4. The number of likely N-dealkylation sites (tertiary alicyclic amines) is 1. The molecule has 0 aliphatic carbocycles. The van der Waals surface area contributed by atoms with Crippen LogP contribution in [0.4, 0.5) is 4.39 Å². The number of rotatable bonds is 2. The van der Waals surface area contributed by atoms with Crippen molar-refractivity contribution >= 4 is 0 Å². The Morgan fingerprint density at radius 3 is 2.81 bits per heavy atom. The fourth-order valence-electron chi connectivity index (χ4n) is 2.31. The third kappa shape index (κ3) is 2.03. The molecule has 2 N–H and O–H groups in total. The van der Waals surface area contributed by atoms with Gasteiger partial charge in [-0.05, 0) is 31.2 Å². The van der Waals surface area contributed by atoms with Crippen molar-refractivity contribution in [2.24, 2.45) is 5.73 Å². The van der Waals surface area contributed by atoms with Crippen LogP contribution in [0.25, 0.3) is 0 Å². The first-order valence-electron chi connectivity index (χ1n) is 5.41. The molecule has 0 amide bonds. The lowest BCUT2D eigenvalue weighted by Crippen LogP contribution is -2.24. The Morgan fingerprint density at radius 2 is 2.25 bits per heavy atom. The van der Waals surface area contributed by atoms with Crippen molar-refractivity contribution in [1.29, 1.82) is 0 Å². The normalized spacial score (nSPS) is 26.0. The molecule has 1 heterocycles. The molecule has 0 saturated carbocycles. The second-order valence-electron chi connectivity index (χ2n) is 4.35. The number of benzene rings is 1. The molecule has 16 heavy (non-hydrogen) atoms. The van der Waals surface area contributed by atoms with E-state index in [1.165, 1.54) is 13.2 Å². The van der Waals surface area contributed by atoms with E-state index in [2.05, 4.69) is 4.90 Å².